The molecule has 0 spiro atoms. The van der Waals surface area contributed by atoms with Crippen molar-refractivity contribution < 1.29 is 4.74 Å². The predicted molar refractivity (Wildman–Crippen MR) is 125 cm³/mol. The molecule has 0 saturated carbocycles. The van der Waals surface area contributed by atoms with Gasteiger partial charge in [-0.05, 0) is 36.7 Å². The minimum absolute atomic E-state index is 0.405. The van der Waals surface area contributed by atoms with E-state index in [0.717, 1.165) is 13.2 Å². The first kappa shape index (κ1) is 25.2. The van der Waals surface area contributed by atoms with E-state index in [0.29, 0.717) is 5.41 Å². The van der Waals surface area contributed by atoms with Crippen LogP contribution in [0.4, 0.5) is 0 Å². The molecule has 1 nitrogen and oxygen atoms in total. The highest BCUT2D eigenvalue weighted by atomic mass is 16.5. The summed E-state index contributed by atoms with van der Waals surface area (Å²) >= 11 is 0. The van der Waals surface area contributed by atoms with Crippen molar-refractivity contribution in [2.75, 3.05) is 13.2 Å². The molecular formula is C27H48O. The molecule has 1 rings (SSSR count). The third-order valence-corrected chi connectivity index (χ3v) is 5.59. The highest BCUT2D eigenvalue weighted by Crippen LogP contribution is 2.18. The summed E-state index contributed by atoms with van der Waals surface area (Å²) in [7, 11) is 0. The Balaban J connectivity index is 1.70. The van der Waals surface area contributed by atoms with Crippen molar-refractivity contribution in [3.05, 3.63) is 35.9 Å². The first-order chi connectivity index (χ1) is 13.6. The first-order valence-electron chi connectivity index (χ1n) is 12.2. The van der Waals surface area contributed by atoms with E-state index >= 15 is 0 Å². The second-order valence-corrected chi connectivity index (χ2v) is 9.75. The SMILES string of the molecule is CC(C)(C)CCOCCCCCCCCCCCCCCCc1ccccc1. The van der Waals surface area contributed by atoms with Crippen LogP contribution >= 0.6 is 0 Å². The van der Waals surface area contributed by atoms with E-state index in [1.54, 1.807) is 0 Å². The third kappa shape index (κ3) is 17.3. The normalized spacial score (nSPS) is 11.8. The number of ether oxygens (including phenoxy) is 1. The van der Waals surface area contributed by atoms with Crippen molar-refractivity contribution in [1.82, 2.24) is 0 Å². The predicted octanol–water partition coefficient (Wildman–Crippen LogP) is 8.75. The van der Waals surface area contributed by atoms with Crippen LogP contribution in [0.3, 0.4) is 0 Å². The molecule has 0 unspecified atom stereocenters. The second kappa shape index (κ2) is 17.1. The van der Waals surface area contributed by atoms with E-state index in [-0.39, 0.29) is 0 Å². The molecule has 0 N–H and O–H groups in total. The van der Waals surface area contributed by atoms with Crippen LogP contribution in [0.15, 0.2) is 30.3 Å². The zero-order valence-corrected chi connectivity index (χ0v) is 19.3. The number of rotatable bonds is 18. The number of benzene rings is 1. The minimum atomic E-state index is 0.405. The number of hydrogen-bond acceptors (Lipinski definition) is 1. The molecule has 1 aromatic rings. The summed E-state index contributed by atoms with van der Waals surface area (Å²) in [6.45, 7) is 8.73. The van der Waals surface area contributed by atoms with Gasteiger partial charge in [0.25, 0.3) is 0 Å². The molecule has 0 atom stereocenters. The molecule has 0 amide bonds. The molecule has 0 aliphatic heterocycles. The summed E-state index contributed by atoms with van der Waals surface area (Å²) in [4.78, 5) is 0. The molecule has 0 aliphatic carbocycles. The van der Waals surface area contributed by atoms with Gasteiger partial charge in [-0.15, -0.1) is 0 Å². The molecule has 0 aromatic heterocycles. The summed E-state index contributed by atoms with van der Waals surface area (Å²) in [6.07, 6.45) is 20.6. The van der Waals surface area contributed by atoms with Crippen molar-refractivity contribution in [2.24, 2.45) is 5.41 Å². The maximum absolute atomic E-state index is 5.74. The minimum Gasteiger partial charge on any atom is -0.381 e. The van der Waals surface area contributed by atoms with Gasteiger partial charge in [-0.1, -0.05) is 122 Å². The summed E-state index contributed by atoms with van der Waals surface area (Å²) in [5, 5.41) is 0. The number of aryl methyl sites for hydroxylation is 1. The molecule has 162 valence electrons. The van der Waals surface area contributed by atoms with Crippen LogP contribution in [-0.2, 0) is 11.2 Å². The lowest BCUT2D eigenvalue weighted by molar-refractivity contribution is 0.105. The van der Waals surface area contributed by atoms with E-state index in [4.69, 9.17) is 4.74 Å². The number of unbranched alkanes of at least 4 members (excludes halogenated alkanes) is 12. The van der Waals surface area contributed by atoms with Gasteiger partial charge in [-0.25, -0.2) is 0 Å². The topological polar surface area (TPSA) is 9.23 Å². The van der Waals surface area contributed by atoms with E-state index in [1.165, 1.54) is 102 Å². The van der Waals surface area contributed by atoms with Crippen LogP contribution in [0.25, 0.3) is 0 Å². The highest BCUT2D eigenvalue weighted by Gasteiger charge is 2.08. The van der Waals surface area contributed by atoms with Gasteiger partial charge in [0.15, 0.2) is 0 Å². The Hall–Kier alpha value is -0.820. The second-order valence-electron chi connectivity index (χ2n) is 9.75. The van der Waals surface area contributed by atoms with Crippen molar-refractivity contribution in [1.29, 1.82) is 0 Å². The van der Waals surface area contributed by atoms with Gasteiger partial charge >= 0.3 is 0 Å². The molecule has 0 saturated heterocycles. The molecule has 0 heterocycles. The molecule has 0 aliphatic rings. The lowest BCUT2D eigenvalue weighted by Crippen LogP contribution is -2.09. The lowest BCUT2D eigenvalue weighted by atomic mass is 9.93. The smallest absolute Gasteiger partial charge is 0.0471 e. The monoisotopic (exact) mass is 388 g/mol. The van der Waals surface area contributed by atoms with E-state index < -0.39 is 0 Å². The molecule has 1 aromatic carbocycles. The highest BCUT2D eigenvalue weighted by molar-refractivity contribution is 5.14. The standard InChI is InChI=1S/C27H48O/c1-27(2,3)23-25-28-24-19-14-12-10-8-6-4-5-7-9-11-13-16-20-26-21-17-15-18-22-26/h15,17-18,21-22H,4-14,16,19-20,23-25H2,1-3H3. The lowest BCUT2D eigenvalue weighted by Gasteiger charge is -2.17. The summed E-state index contributed by atoms with van der Waals surface area (Å²) < 4.78 is 5.74. The van der Waals surface area contributed by atoms with Gasteiger partial charge in [-0.2, -0.15) is 0 Å². The fourth-order valence-electron chi connectivity index (χ4n) is 3.60. The van der Waals surface area contributed by atoms with Crippen LogP contribution < -0.4 is 0 Å². The molecular weight excluding hydrogens is 340 g/mol. The molecule has 1 heteroatoms. The largest absolute Gasteiger partial charge is 0.381 e. The zero-order chi connectivity index (χ0) is 20.3. The maximum Gasteiger partial charge on any atom is 0.0471 e. The average molecular weight is 389 g/mol. The van der Waals surface area contributed by atoms with Crippen molar-refractivity contribution in [2.45, 2.75) is 117 Å². The Morgan fingerprint density at radius 2 is 1.04 bits per heavy atom. The van der Waals surface area contributed by atoms with Crippen LogP contribution in [0.5, 0.6) is 0 Å². The zero-order valence-electron chi connectivity index (χ0n) is 19.3. The van der Waals surface area contributed by atoms with E-state index in [1.807, 2.05) is 0 Å². The Bertz CT molecular complexity index is 431. The average Bonchev–Trinajstić information content (AvgIpc) is 2.67. The maximum atomic E-state index is 5.74. The van der Waals surface area contributed by atoms with Gasteiger partial charge in [0.2, 0.25) is 0 Å². The van der Waals surface area contributed by atoms with Crippen LogP contribution in [0.1, 0.15) is 116 Å². The van der Waals surface area contributed by atoms with Gasteiger partial charge < -0.3 is 4.74 Å². The summed E-state index contributed by atoms with van der Waals surface area (Å²) in [5.41, 5.74) is 1.90. The van der Waals surface area contributed by atoms with E-state index in [9.17, 15) is 0 Å². The molecule has 0 radical (unpaired) electrons. The van der Waals surface area contributed by atoms with Crippen molar-refractivity contribution in [3.8, 4) is 0 Å². The third-order valence-electron chi connectivity index (χ3n) is 5.59. The van der Waals surface area contributed by atoms with Gasteiger partial charge in [0.05, 0.1) is 0 Å². The first-order valence-corrected chi connectivity index (χ1v) is 12.2. The fraction of sp³-hybridized carbons (Fsp3) is 0.778. The Labute approximate surface area is 176 Å². The van der Waals surface area contributed by atoms with Crippen molar-refractivity contribution in [3.63, 3.8) is 0 Å². The van der Waals surface area contributed by atoms with Gasteiger partial charge in [-0.3, -0.25) is 0 Å². The molecule has 0 bridgehead atoms. The number of hydrogen-bond donors (Lipinski definition) is 0. The summed E-state index contributed by atoms with van der Waals surface area (Å²) in [6, 6.07) is 10.9. The van der Waals surface area contributed by atoms with Gasteiger partial charge in [0.1, 0.15) is 0 Å². The Morgan fingerprint density at radius 1 is 0.571 bits per heavy atom. The van der Waals surface area contributed by atoms with Crippen LogP contribution in [-0.4, -0.2) is 13.2 Å². The van der Waals surface area contributed by atoms with Crippen molar-refractivity contribution >= 4 is 0 Å². The van der Waals surface area contributed by atoms with Crippen LogP contribution in [0.2, 0.25) is 0 Å². The Morgan fingerprint density at radius 3 is 1.54 bits per heavy atom. The molecule has 0 fully saturated rings. The summed E-state index contributed by atoms with van der Waals surface area (Å²) in [5.74, 6) is 0. The van der Waals surface area contributed by atoms with E-state index in [2.05, 4.69) is 51.1 Å². The Kier molecular flexibility index (Phi) is 15.4. The van der Waals surface area contributed by atoms with Crippen LogP contribution in [0, 0.1) is 5.41 Å². The fourth-order valence-corrected chi connectivity index (χ4v) is 3.60. The van der Waals surface area contributed by atoms with Gasteiger partial charge in [0, 0.05) is 13.2 Å². The quantitative estimate of drug-likeness (QED) is 0.228. The molecule has 28 heavy (non-hydrogen) atoms.